The van der Waals surface area contributed by atoms with Gasteiger partial charge in [0.15, 0.2) is 6.10 Å². The molecule has 2 N–H and O–H groups in total. The first-order chi connectivity index (χ1) is 13.4. The smallest absolute Gasteiger partial charge is 0.333 e. The summed E-state index contributed by atoms with van der Waals surface area (Å²) in [4.78, 5) is 22.6. The molecule has 0 fully saturated rings. The van der Waals surface area contributed by atoms with Crippen molar-refractivity contribution in [2.45, 2.75) is 39.3 Å². The fourth-order valence-electron chi connectivity index (χ4n) is 2.43. The molecule has 0 spiro atoms. The van der Waals surface area contributed by atoms with Crippen molar-refractivity contribution in [2.24, 2.45) is 0 Å². The van der Waals surface area contributed by atoms with Crippen LogP contribution < -0.4 is 10.1 Å². The van der Waals surface area contributed by atoms with E-state index in [4.69, 9.17) is 14.6 Å². The van der Waals surface area contributed by atoms with Crippen LogP contribution in [0, 0.1) is 0 Å². The highest BCUT2D eigenvalue weighted by atomic mass is 16.5. The third kappa shape index (κ3) is 8.68. The zero-order valence-electron chi connectivity index (χ0n) is 16.7. The monoisotopic (exact) mass is 387 g/mol. The number of rotatable bonds is 12. The topological polar surface area (TPSA) is 84.9 Å². The lowest BCUT2D eigenvalue weighted by atomic mass is 10.1. The van der Waals surface area contributed by atoms with Crippen LogP contribution in [-0.2, 0) is 20.7 Å². The highest BCUT2D eigenvalue weighted by molar-refractivity contribution is 5.74. The number of allylic oxidation sites excluding steroid dienone is 3. The van der Waals surface area contributed by atoms with Gasteiger partial charge in [0.1, 0.15) is 12.4 Å². The van der Waals surface area contributed by atoms with E-state index in [0.29, 0.717) is 12.4 Å². The third-order valence-electron chi connectivity index (χ3n) is 3.84. The Hall–Kier alpha value is -2.86. The number of amides is 1. The molecule has 6 heteroatoms. The molecule has 2 unspecified atom stereocenters. The first kappa shape index (κ1) is 23.2. The van der Waals surface area contributed by atoms with Crippen molar-refractivity contribution in [3.8, 4) is 5.75 Å². The van der Waals surface area contributed by atoms with Crippen molar-refractivity contribution in [3.05, 3.63) is 66.3 Å². The Bertz CT molecular complexity index is 706. The second kappa shape index (κ2) is 12.5. The molecule has 1 aromatic rings. The van der Waals surface area contributed by atoms with Gasteiger partial charge in [0.25, 0.3) is 0 Å². The first-order valence-corrected chi connectivity index (χ1v) is 9.18. The van der Waals surface area contributed by atoms with Crippen molar-refractivity contribution >= 4 is 11.9 Å². The number of hydrogen-bond acceptors (Lipinski definition) is 4. The van der Waals surface area contributed by atoms with Crippen LogP contribution in [0.25, 0.3) is 0 Å². The van der Waals surface area contributed by atoms with Gasteiger partial charge >= 0.3 is 5.97 Å². The molecular formula is C22H29NO5. The molecule has 1 rings (SSSR count). The molecule has 28 heavy (non-hydrogen) atoms. The van der Waals surface area contributed by atoms with E-state index in [1.54, 1.807) is 31.2 Å². The highest BCUT2D eigenvalue weighted by Crippen LogP contribution is 2.16. The van der Waals surface area contributed by atoms with Crippen molar-refractivity contribution in [1.82, 2.24) is 5.32 Å². The van der Waals surface area contributed by atoms with Crippen LogP contribution >= 0.6 is 0 Å². The minimum atomic E-state index is -0.982. The third-order valence-corrected chi connectivity index (χ3v) is 3.84. The van der Waals surface area contributed by atoms with E-state index < -0.39 is 12.1 Å². The number of carboxylic acid groups (broad SMARTS) is 1. The summed E-state index contributed by atoms with van der Waals surface area (Å²) in [5.74, 6) is -0.530. The predicted octanol–water partition coefficient (Wildman–Crippen LogP) is 3.29. The van der Waals surface area contributed by atoms with Gasteiger partial charge in [-0.05, 0) is 37.1 Å². The van der Waals surface area contributed by atoms with E-state index in [0.717, 1.165) is 11.1 Å². The number of aliphatic carboxylic acids is 1. The number of carbonyl (C=O) groups excluding carboxylic acids is 1. The molecule has 6 nitrogen and oxygen atoms in total. The van der Waals surface area contributed by atoms with E-state index in [-0.39, 0.29) is 25.0 Å². The van der Waals surface area contributed by atoms with Gasteiger partial charge in [-0.1, -0.05) is 43.0 Å². The summed E-state index contributed by atoms with van der Waals surface area (Å²) in [6.07, 6.45) is 6.87. The fourth-order valence-corrected chi connectivity index (χ4v) is 2.43. The normalized spacial score (nSPS) is 13.4. The van der Waals surface area contributed by atoms with Gasteiger partial charge in [-0.25, -0.2) is 4.79 Å². The van der Waals surface area contributed by atoms with Crippen molar-refractivity contribution in [1.29, 1.82) is 0 Å². The molecule has 1 amide bonds. The summed E-state index contributed by atoms with van der Waals surface area (Å²) < 4.78 is 11.0. The largest absolute Gasteiger partial charge is 0.491 e. The minimum absolute atomic E-state index is 0.167. The Balaban J connectivity index is 2.71. The molecule has 1 aromatic carbocycles. The van der Waals surface area contributed by atoms with E-state index in [1.165, 1.54) is 6.92 Å². The fraction of sp³-hybridized carbons (Fsp3) is 0.364. The van der Waals surface area contributed by atoms with Crippen molar-refractivity contribution in [2.75, 3.05) is 13.2 Å². The zero-order chi connectivity index (χ0) is 20.9. The van der Waals surface area contributed by atoms with Crippen LogP contribution in [0.3, 0.4) is 0 Å². The maximum atomic E-state index is 11.4. The maximum Gasteiger partial charge on any atom is 0.333 e. The summed E-state index contributed by atoms with van der Waals surface area (Å²) in [5.41, 5.74) is 1.57. The summed E-state index contributed by atoms with van der Waals surface area (Å²) in [5, 5.41) is 12.0. The Morgan fingerprint density at radius 2 is 1.93 bits per heavy atom. The summed E-state index contributed by atoms with van der Waals surface area (Å²) >= 11 is 0. The lowest BCUT2D eigenvalue weighted by Crippen LogP contribution is -2.38. The second-order valence-corrected chi connectivity index (χ2v) is 6.15. The van der Waals surface area contributed by atoms with Crippen molar-refractivity contribution < 1.29 is 24.2 Å². The molecule has 0 aliphatic rings. The number of nitrogens with one attached hydrogen (secondary N) is 1. The molecule has 2 atom stereocenters. The quantitative estimate of drug-likeness (QED) is 0.538. The number of carboxylic acids is 1. The first-order valence-electron chi connectivity index (χ1n) is 9.18. The van der Waals surface area contributed by atoms with Gasteiger partial charge in [0.2, 0.25) is 5.91 Å². The average Bonchev–Trinajstić information content (AvgIpc) is 2.65. The summed E-state index contributed by atoms with van der Waals surface area (Å²) in [7, 11) is 0. The molecule has 0 saturated heterocycles. The van der Waals surface area contributed by atoms with Gasteiger partial charge in [0.05, 0.1) is 6.04 Å². The van der Waals surface area contributed by atoms with E-state index in [1.807, 2.05) is 31.2 Å². The molecule has 0 saturated carbocycles. The summed E-state index contributed by atoms with van der Waals surface area (Å²) in [6.45, 7) is 9.69. The van der Waals surface area contributed by atoms with Crippen molar-refractivity contribution in [3.63, 3.8) is 0 Å². The zero-order valence-corrected chi connectivity index (χ0v) is 16.7. The molecule has 0 aromatic heterocycles. The van der Waals surface area contributed by atoms with Crippen LogP contribution in [-0.4, -0.2) is 42.3 Å². The maximum absolute atomic E-state index is 11.4. The Kier molecular flexibility index (Phi) is 10.4. The van der Waals surface area contributed by atoms with Gasteiger partial charge in [-0.3, -0.25) is 4.79 Å². The van der Waals surface area contributed by atoms with E-state index in [9.17, 15) is 9.59 Å². The number of ether oxygens (including phenoxy) is 2. The molecular weight excluding hydrogens is 358 g/mol. The van der Waals surface area contributed by atoms with Gasteiger partial charge in [-0.15, -0.1) is 0 Å². The number of carbonyl (C=O) groups is 2. The molecule has 0 heterocycles. The number of hydrogen-bond donors (Lipinski definition) is 2. The predicted molar refractivity (Wildman–Crippen MR) is 109 cm³/mol. The van der Waals surface area contributed by atoms with Crippen LogP contribution in [0.1, 0.15) is 26.3 Å². The Morgan fingerprint density at radius 1 is 1.25 bits per heavy atom. The lowest BCUT2D eigenvalue weighted by molar-refractivity contribution is -0.149. The molecule has 0 aliphatic carbocycles. The second-order valence-electron chi connectivity index (χ2n) is 6.15. The lowest BCUT2D eigenvalue weighted by Gasteiger charge is -2.19. The molecule has 0 bridgehead atoms. The standard InChI is InChI=1S/C22H29NO5/c1-5-7-8-9-16(3)20(23-17(4)24)15-28-19-12-10-18(11-13-19)14-21(22(25)26)27-6-2/h5,7-13,20-21H,3,6,14-15H2,1-2,4H3,(H,23,24)(H,25,26). The Morgan fingerprint density at radius 3 is 2.46 bits per heavy atom. The highest BCUT2D eigenvalue weighted by Gasteiger charge is 2.18. The Labute approximate surface area is 166 Å². The van der Waals surface area contributed by atoms with Crippen LogP contribution in [0.4, 0.5) is 0 Å². The van der Waals surface area contributed by atoms with Crippen LogP contribution in [0.15, 0.2) is 60.7 Å². The summed E-state index contributed by atoms with van der Waals surface area (Å²) in [6, 6.07) is 6.79. The van der Waals surface area contributed by atoms with E-state index in [2.05, 4.69) is 11.9 Å². The van der Waals surface area contributed by atoms with Crippen LogP contribution in [0.5, 0.6) is 5.75 Å². The molecule has 0 aliphatic heterocycles. The van der Waals surface area contributed by atoms with Gasteiger partial charge < -0.3 is 19.9 Å². The van der Waals surface area contributed by atoms with Gasteiger partial charge in [0, 0.05) is 20.0 Å². The SMILES string of the molecule is C=C(C=CC=CC)C(COc1ccc(CC(OCC)C(=O)O)cc1)NC(C)=O. The van der Waals surface area contributed by atoms with Gasteiger partial charge in [-0.2, -0.15) is 0 Å². The molecule has 0 radical (unpaired) electrons. The molecule has 152 valence electrons. The minimum Gasteiger partial charge on any atom is -0.491 e. The number of benzene rings is 1. The average molecular weight is 387 g/mol. The van der Waals surface area contributed by atoms with E-state index >= 15 is 0 Å². The van der Waals surface area contributed by atoms with Crippen LogP contribution in [0.2, 0.25) is 0 Å².